The van der Waals surface area contributed by atoms with E-state index in [4.69, 9.17) is 4.74 Å². The monoisotopic (exact) mass is 519 g/mol. The van der Waals surface area contributed by atoms with Crippen molar-refractivity contribution in [3.05, 3.63) is 54.2 Å². The van der Waals surface area contributed by atoms with Gasteiger partial charge in [0, 0.05) is 54.4 Å². The van der Waals surface area contributed by atoms with Gasteiger partial charge in [0.2, 0.25) is 5.95 Å². The number of rotatable bonds is 5. The third-order valence-electron chi connectivity index (χ3n) is 7.26. The zero-order valence-electron chi connectivity index (χ0n) is 21.8. The molecule has 2 aromatic carbocycles. The number of halogens is 2. The fourth-order valence-corrected chi connectivity index (χ4v) is 5.15. The van der Waals surface area contributed by atoms with Crippen LogP contribution in [0.25, 0.3) is 22.2 Å². The topological polar surface area (TPSA) is 72.6 Å². The molecule has 2 aliphatic rings. The van der Waals surface area contributed by atoms with E-state index in [0.29, 0.717) is 24.4 Å². The van der Waals surface area contributed by atoms with Crippen molar-refractivity contribution in [2.45, 2.75) is 19.9 Å². The Bertz CT molecular complexity index is 1480. The summed E-state index contributed by atoms with van der Waals surface area (Å²) in [6, 6.07) is 11.2. The summed E-state index contributed by atoms with van der Waals surface area (Å²) < 4.78 is 35.5. The average Bonchev–Trinajstić information content (AvgIpc) is 3.33. The molecule has 0 aliphatic carbocycles. The number of anilines is 4. The Morgan fingerprint density at radius 2 is 1.82 bits per heavy atom. The summed E-state index contributed by atoms with van der Waals surface area (Å²) in [6.45, 7) is 9.11. The van der Waals surface area contributed by atoms with E-state index in [0.717, 1.165) is 54.8 Å². The van der Waals surface area contributed by atoms with Crippen molar-refractivity contribution in [3.63, 3.8) is 0 Å². The van der Waals surface area contributed by atoms with Gasteiger partial charge in [-0.1, -0.05) is 0 Å². The predicted octanol–water partition coefficient (Wildman–Crippen LogP) is 5.01. The fraction of sp³-hybridized carbons (Fsp3) is 0.357. The van der Waals surface area contributed by atoms with E-state index in [1.807, 2.05) is 36.9 Å². The molecule has 1 fully saturated rings. The van der Waals surface area contributed by atoms with Crippen molar-refractivity contribution < 1.29 is 13.5 Å². The van der Waals surface area contributed by atoms with Crippen LogP contribution in [-0.2, 0) is 0 Å². The number of hydrogen-bond acceptors (Lipinski definition) is 7. The summed E-state index contributed by atoms with van der Waals surface area (Å²) in [7, 11) is 2.14. The molecule has 198 valence electrons. The maximum atomic E-state index is 15.0. The van der Waals surface area contributed by atoms with Crippen molar-refractivity contribution in [1.82, 2.24) is 19.9 Å². The minimum atomic E-state index is -0.624. The smallest absolute Gasteiger partial charge is 0.227 e. The number of fused-ring (bicyclic) bond motifs is 2. The zero-order valence-corrected chi connectivity index (χ0v) is 21.8. The Labute approximate surface area is 220 Å². The number of aromatic amines is 1. The highest BCUT2D eigenvalue weighted by Gasteiger charge is 2.26. The third kappa shape index (κ3) is 4.60. The quantitative estimate of drug-likeness (QED) is 0.384. The molecule has 6 rings (SSSR count). The van der Waals surface area contributed by atoms with Crippen LogP contribution in [-0.4, -0.2) is 72.3 Å². The molecule has 2 N–H and O–H groups in total. The molecule has 4 aromatic rings. The minimum Gasteiger partial charge on any atom is -0.486 e. The molecule has 0 atom stereocenters. The van der Waals surface area contributed by atoms with Gasteiger partial charge in [0.25, 0.3) is 0 Å². The first kappa shape index (κ1) is 24.4. The molecule has 0 amide bonds. The van der Waals surface area contributed by atoms with E-state index in [9.17, 15) is 8.78 Å². The van der Waals surface area contributed by atoms with Gasteiger partial charge < -0.3 is 29.7 Å². The number of likely N-dealkylation sites (N-methyl/N-ethyl adjacent to an activating group) is 1. The first-order valence-electron chi connectivity index (χ1n) is 12.9. The van der Waals surface area contributed by atoms with Gasteiger partial charge in [-0.15, -0.1) is 0 Å². The molecule has 2 aromatic heterocycles. The Kier molecular flexibility index (Phi) is 6.27. The number of aromatic nitrogens is 3. The van der Waals surface area contributed by atoms with E-state index in [1.54, 1.807) is 6.07 Å². The van der Waals surface area contributed by atoms with Gasteiger partial charge in [-0.05, 0) is 57.3 Å². The lowest BCUT2D eigenvalue weighted by molar-refractivity contribution is 0.287. The highest BCUT2D eigenvalue weighted by Crippen LogP contribution is 2.39. The van der Waals surface area contributed by atoms with Gasteiger partial charge >= 0.3 is 0 Å². The molecule has 0 bridgehead atoms. The summed E-state index contributed by atoms with van der Waals surface area (Å²) >= 11 is 0. The van der Waals surface area contributed by atoms with E-state index in [2.05, 4.69) is 43.2 Å². The van der Waals surface area contributed by atoms with Crippen molar-refractivity contribution in [2.24, 2.45) is 0 Å². The molecular weight excluding hydrogens is 488 g/mol. The lowest BCUT2D eigenvalue weighted by atomic mass is 10.1. The number of ether oxygens (including phenoxy) is 1. The molecule has 0 radical (unpaired) electrons. The summed E-state index contributed by atoms with van der Waals surface area (Å²) in [5, 5.41) is 4.23. The van der Waals surface area contributed by atoms with Crippen molar-refractivity contribution >= 4 is 34.0 Å². The van der Waals surface area contributed by atoms with Crippen LogP contribution in [0.4, 0.5) is 31.9 Å². The van der Waals surface area contributed by atoms with Gasteiger partial charge in [0.05, 0.1) is 18.4 Å². The van der Waals surface area contributed by atoms with Crippen LogP contribution in [0.3, 0.4) is 0 Å². The minimum absolute atomic E-state index is 0.0264. The van der Waals surface area contributed by atoms with E-state index in [-0.39, 0.29) is 23.4 Å². The number of nitrogens with one attached hydrogen (secondary N) is 2. The second kappa shape index (κ2) is 9.75. The van der Waals surface area contributed by atoms with E-state index in [1.165, 1.54) is 6.07 Å². The van der Waals surface area contributed by atoms with Crippen LogP contribution < -0.4 is 19.9 Å². The number of benzene rings is 2. The maximum absolute atomic E-state index is 15.0. The zero-order chi connectivity index (χ0) is 26.4. The Hall–Kier alpha value is -3.92. The Morgan fingerprint density at radius 3 is 2.61 bits per heavy atom. The fourth-order valence-electron chi connectivity index (χ4n) is 5.15. The Morgan fingerprint density at radius 1 is 1.00 bits per heavy atom. The standard InChI is InChI=1S/C28H31F2N7O/c1-17(2)37-10-11-38-27-21(29)13-19(14-24(27)37)26-22(30)16-31-28(34-26)32-20-4-5-23-18(12-20)15-25(33-23)36-8-6-35(3)7-9-36/h4-5,12-17,33H,6-11H2,1-3H3,(H,31,32,34). The number of nitrogens with zero attached hydrogens (tertiary/aromatic N) is 5. The highest BCUT2D eigenvalue weighted by atomic mass is 19.1. The van der Waals surface area contributed by atoms with E-state index < -0.39 is 11.6 Å². The molecule has 38 heavy (non-hydrogen) atoms. The molecule has 0 spiro atoms. The average molecular weight is 520 g/mol. The molecule has 8 nitrogen and oxygen atoms in total. The highest BCUT2D eigenvalue weighted by molar-refractivity contribution is 5.87. The first-order chi connectivity index (χ1) is 18.4. The van der Waals surface area contributed by atoms with Crippen molar-refractivity contribution in [2.75, 3.05) is 61.5 Å². The van der Waals surface area contributed by atoms with Crippen LogP contribution in [0.15, 0.2) is 42.6 Å². The lowest BCUT2D eigenvalue weighted by Crippen LogP contribution is -2.44. The van der Waals surface area contributed by atoms with Gasteiger partial charge in [-0.2, -0.15) is 0 Å². The van der Waals surface area contributed by atoms with Gasteiger partial charge in [-0.3, -0.25) is 0 Å². The van der Waals surface area contributed by atoms with E-state index >= 15 is 0 Å². The van der Waals surface area contributed by atoms with Crippen LogP contribution in [0.2, 0.25) is 0 Å². The van der Waals surface area contributed by atoms with Crippen molar-refractivity contribution in [1.29, 1.82) is 0 Å². The summed E-state index contributed by atoms with van der Waals surface area (Å²) in [6.07, 6.45) is 1.11. The van der Waals surface area contributed by atoms with Crippen molar-refractivity contribution in [3.8, 4) is 17.0 Å². The SMILES string of the molecule is CC(C)N1CCOc2c(F)cc(-c3nc(Nc4ccc5[nH]c(N6CCN(C)CC6)cc5c4)ncc3F)cc21. The molecule has 1 saturated heterocycles. The van der Waals surface area contributed by atoms with Gasteiger partial charge in [-0.25, -0.2) is 18.7 Å². The molecule has 0 unspecified atom stereocenters. The summed E-state index contributed by atoms with van der Waals surface area (Å²) in [4.78, 5) is 18.8. The summed E-state index contributed by atoms with van der Waals surface area (Å²) in [5.74, 6) is 0.354. The van der Waals surface area contributed by atoms with Crippen LogP contribution >= 0.6 is 0 Å². The molecule has 10 heteroatoms. The van der Waals surface area contributed by atoms with Gasteiger partial charge in [0.1, 0.15) is 18.1 Å². The maximum Gasteiger partial charge on any atom is 0.227 e. The number of piperazine rings is 1. The molecule has 4 heterocycles. The molecule has 0 saturated carbocycles. The van der Waals surface area contributed by atoms with Crippen LogP contribution in [0, 0.1) is 11.6 Å². The number of H-pyrrole nitrogens is 1. The molecular formula is C28H31F2N7O. The Balaban J connectivity index is 1.28. The predicted molar refractivity (Wildman–Crippen MR) is 147 cm³/mol. The molecule has 2 aliphatic heterocycles. The first-order valence-corrected chi connectivity index (χ1v) is 12.9. The summed E-state index contributed by atoms with van der Waals surface area (Å²) in [5.41, 5.74) is 2.77. The normalized spacial score (nSPS) is 16.2. The second-order valence-corrected chi connectivity index (χ2v) is 10.2. The van der Waals surface area contributed by atoms with Crippen LogP contribution in [0.5, 0.6) is 5.75 Å². The third-order valence-corrected chi connectivity index (χ3v) is 7.26. The number of hydrogen-bond donors (Lipinski definition) is 2. The second-order valence-electron chi connectivity index (χ2n) is 10.2. The lowest BCUT2D eigenvalue weighted by Gasteiger charge is -2.34. The largest absolute Gasteiger partial charge is 0.486 e. The van der Waals surface area contributed by atoms with Gasteiger partial charge in [0.15, 0.2) is 17.4 Å². The van der Waals surface area contributed by atoms with Crippen LogP contribution in [0.1, 0.15) is 13.8 Å².